The van der Waals surface area contributed by atoms with Crippen molar-refractivity contribution in [2.75, 3.05) is 18.9 Å². The molecule has 2 nitrogen and oxygen atoms in total. The molecule has 0 aliphatic heterocycles. The second-order valence-electron chi connectivity index (χ2n) is 1.84. The molecule has 1 aromatic rings. The first-order valence-corrected chi connectivity index (χ1v) is 3.51. The second kappa shape index (κ2) is 5.25. The molecule has 1 rings (SSSR count). The largest absolute Gasteiger partial charge is 0.363 e. The number of hydrogen-bond donors (Lipinski definition) is 1. The van der Waals surface area contributed by atoms with Crippen LogP contribution >= 0.6 is 23.8 Å². The van der Waals surface area contributed by atoms with Crippen LogP contribution in [0.4, 0.5) is 5.82 Å². The van der Waals surface area contributed by atoms with Gasteiger partial charge in [-0.1, -0.05) is 23.8 Å². The molecule has 0 amide bonds. The molecule has 0 unspecified atom stereocenters. The van der Waals surface area contributed by atoms with Gasteiger partial charge in [0.2, 0.25) is 0 Å². The van der Waals surface area contributed by atoms with Crippen molar-refractivity contribution in [2.45, 2.75) is 0 Å². The van der Waals surface area contributed by atoms with Crippen LogP contribution < -0.4 is 4.90 Å². The smallest absolute Gasteiger partial charge is 0.125 e. The van der Waals surface area contributed by atoms with Gasteiger partial charge in [-0.2, -0.15) is 0 Å². The Morgan fingerprint density at radius 3 is 2.92 bits per heavy atom. The van der Waals surface area contributed by atoms with Crippen molar-refractivity contribution >= 4 is 59.2 Å². The quantitative estimate of drug-likeness (QED) is 0.574. The SMILES string of the molecule is [2H]C([2H])([2H])N(c1[nH]ccc(=S)c1Cl)C([2H])([2H])[2H].[Na]. The maximum atomic E-state index is 7.24. The van der Waals surface area contributed by atoms with Crippen LogP contribution in [0.5, 0.6) is 0 Å². The van der Waals surface area contributed by atoms with Gasteiger partial charge in [0.1, 0.15) is 5.82 Å². The summed E-state index contributed by atoms with van der Waals surface area (Å²) in [5, 5.41) is -0.102. The average Bonchev–Trinajstić information content (AvgIpc) is 2.08. The van der Waals surface area contributed by atoms with Gasteiger partial charge in [0.25, 0.3) is 0 Å². The number of nitrogens with zero attached hydrogens (tertiary/aromatic N) is 1. The van der Waals surface area contributed by atoms with Crippen LogP contribution in [0.1, 0.15) is 8.22 Å². The minimum Gasteiger partial charge on any atom is -0.363 e. The molecule has 0 aromatic carbocycles. The summed E-state index contributed by atoms with van der Waals surface area (Å²) in [4.78, 5) is 2.76. The molecule has 0 fully saturated rings. The number of pyridine rings is 1. The summed E-state index contributed by atoms with van der Waals surface area (Å²) in [6.07, 6.45) is 1.34. The van der Waals surface area contributed by atoms with Crippen molar-refractivity contribution in [3.05, 3.63) is 21.8 Å². The number of rotatable bonds is 1. The zero-order valence-electron chi connectivity index (χ0n) is 12.4. The van der Waals surface area contributed by atoms with E-state index < -0.39 is 14.0 Å². The summed E-state index contributed by atoms with van der Waals surface area (Å²) in [6.45, 7) is -5.71. The minimum absolute atomic E-state index is 0. The first-order valence-electron chi connectivity index (χ1n) is 5.72. The molecule has 0 spiro atoms. The number of nitrogens with one attached hydrogen (secondary N) is 1. The van der Waals surface area contributed by atoms with Crippen LogP contribution in [-0.4, -0.2) is 48.5 Å². The average molecular weight is 218 g/mol. The maximum absolute atomic E-state index is 7.24. The number of halogens is 1. The molecule has 1 radical (unpaired) electrons. The van der Waals surface area contributed by atoms with Gasteiger partial charge in [-0.3, -0.25) is 0 Å². The molecule has 0 saturated carbocycles. The fourth-order valence-electron chi connectivity index (χ4n) is 0.612. The molecule has 12 heavy (non-hydrogen) atoms. The Morgan fingerprint density at radius 1 is 1.67 bits per heavy atom. The van der Waals surface area contributed by atoms with Gasteiger partial charge in [0.15, 0.2) is 0 Å². The van der Waals surface area contributed by atoms with Crippen LogP contribution in [0.15, 0.2) is 12.3 Å². The van der Waals surface area contributed by atoms with E-state index in [9.17, 15) is 0 Å². The molecule has 0 atom stereocenters. The van der Waals surface area contributed by atoms with Gasteiger partial charge >= 0.3 is 0 Å². The summed E-state index contributed by atoms with van der Waals surface area (Å²) >= 11 is 10.7. The zero-order chi connectivity index (χ0) is 13.4. The number of hydrogen-bond acceptors (Lipinski definition) is 2. The second-order valence-corrected chi connectivity index (χ2v) is 2.66. The molecule has 0 aliphatic carbocycles. The normalized spacial score (nSPS) is 18.4. The summed E-state index contributed by atoms with van der Waals surface area (Å²) in [5.41, 5.74) is 0. The standard InChI is InChI=1S/C7H9ClN2S.Na/c1-10(2)7-6(8)5(11)3-4-9-7;/h3-4H,1-2H3,(H,9,11);/i1D3,2D3;. The van der Waals surface area contributed by atoms with Gasteiger partial charge in [-0.25, -0.2) is 0 Å². The molecule has 1 heterocycles. The molecule has 0 bridgehead atoms. The molecule has 1 aromatic heterocycles. The van der Waals surface area contributed by atoms with Gasteiger partial charge in [-0.05, 0) is 6.07 Å². The van der Waals surface area contributed by atoms with Crippen LogP contribution in [0, 0.1) is 4.51 Å². The first-order chi connectivity index (χ1) is 7.55. The van der Waals surface area contributed by atoms with Crippen molar-refractivity contribution in [1.82, 2.24) is 4.98 Å². The molecular formula is C7H9ClN2NaS. The van der Waals surface area contributed by atoms with Crippen LogP contribution in [-0.2, 0) is 0 Å². The van der Waals surface area contributed by atoms with E-state index in [1.54, 1.807) is 0 Å². The van der Waals surface area contributed by atoms with E-state index in [1.807, 2.05) is 0 Å². The van der Waals surface area contributed by atoms with E-state index in [2.05, 4.69) is 4.98 Å². The third-order valence-corrected chi connectivity index (χ3v) is 1.94. The Balaban J connectivity index is 0.00000289. The summed E-state index contributed by atoms with van der Waals surface area (Å²) in [5.74, 6) is -0.237. The fourth-order valence-corrected chi connectivity index (χ4v) is 0.979. The fraction of sp³-hybridized carbons (Fsp3) is 0.286. The summed E-state index contributed by atoms with van der Waals surface area (Å²) < 4.78 is 43.6. The van der Waals surface area contributed by atoms with Gasteiger partial charge in [-0.15, -0.1) is 0 Å². The Bertz CT molecular complexity index is 456. The maximum Gasteiger partial charge on any atom is 0.125 e. The molecule has 5 heteroatoms. The molecule has 1 N–H and O–H groups in total. The van der Waals surface area contributed by atoms with Crippen LogP contribution in [0.2, 0.25) is 5.02 Å². The van der Waals surface area contributed by atoms with E-state index >= 15 is 0 Å². The first kappa shape index (κ1) is 5.37. The predicted molar refractivity (Wildman–Crippen MR) is 56.7 cm³/mol. The Kier molecular flexibility index (Phi) is 2.35. The van der Waals surface area contributed by atoms with Gasteiger partial charge in [0, 0.05) is 57.9 Å². The number of aromatic amines is 1. The van der Waals surface area contributed by atoms with Gasteiger partial charge in [0.05, 0.1) is 9.53 Å². The van der Waals surface area contributed by atoms with E-state index in [0.29, 0.717) is 0 Å². The van der Waals surface area contributed by atoms with Crippen molar-refractivity contribution in [3.8, 4) is 0 Å². The Labute approximate surface area is 113 Å². The molecule has 61 valence electrons. The van der Waals surface area contributed by atoms with Crippen LogP contribution in [0.25, 0.3) is 0 Å². The monoisotopic (exact) mass is 217 g/mol. The molecular weight excluding hydrogens is 203 g/mol. The van der Waals surface area contributed by atoms with Crippen molar-refractivity contribution in [2.24, 2.45) is 0 Å². The van der Waals surface area contributed by atoms with Crippen LogP contribution in [0.3, 0.4) is 0 Å². The molecule has 0 saturated heterocycles. The number of H-pyrrole nitrogens is 1. The zero-order valence-corrected chi connectivity index (χ0v) is 9.96. The Morgan fingerprint density at radius 2 is 2.33 bits per heavy atom. The third-order valence-electron chi connectivity index (χ3n) is 1.10. The number of anilines is 1. The third kappa shape index (κ3) is 2.75. The predicted octanol–water partition coefficient (Wildman–Crippen LogP) is 2.08. The molecule has 0 aliphatic rings. The topological polar surface area (TPSA) is 19.0 Å². The van der Waals surface area contributed by atoms with Crippen molar-refractivity contribution in [1.29, 1.82) is 0 Å². The number of aromatic nitrogens is 1. The van der Waals surface area contributed by atoms with E-state index in [0.717, 1.165) is 0 Å². The van der Waals surface area contributed by atoms with E-state index in [-0.39, 0.29) is 49.8 Å². The summed E-state index contributed by atoms with van der Waals surface area (Å²) in [7, 11) is 0. The Hall–Kier alpha value is 0.460. The summed E-state index contributed by atoms with van der Waals surface area (Å²) in [6, 6.07) is 1.44. The van der Waals surface area contributed by atoms with Crippen molar-refractivity contribution in [3.63, 3.8) is 0 Å². The minimum atomic E-state index is -2.85. The van der Waals surface area contributed by atoms with Gasteiger partial charge < -0.3 is 9.88 Å². The van der Waals surface area contributed by atoms with Crippen molar-refractivity contribution < 1.29 is 8.22 Å². The van der Waals surface area contributed by atoms with E-state index in [1.165, 1.54) is 12.3 Å². The van der Waals surface area contributed by atoms with E-state index in [4.69, 9.17) is 32.0 Å².